The number of nitrogens with zero attached hydrogens (tertiary/aromatic N) is 2. The van der Waals surface area contributed by atoms with Gasteiger partial charge in [0, 0.05) is 12.1 Å². The average molecular weight is 357 g/mol. The van der Waals surface area contributed by atoms with Gasteiger partial charge in [-0.3, -0.25) is 4.79 Å². The minimum Gasteiger partial charge on any atom is -0.411 e. The van der Waals surface area contributed by atoms with Crippen molar-refractivity contribution in [2.75, 3.05) is 12.3 Å². The van der Waals surface area contributed by atoms with Crippen LogP contribution in [0.1, 0.15) is 5.56 Å². The van der Waals surface area contributed by atoms with Gasteiger partial charge in [-0.25, -0.2) is 4.39 Å². The highest BCUT2D eigenvalue weighted by Gasteiger charge is 2.10. The third-order valence-corrected chi connectivity index (χ3v) is 4.20. The van der Waals surface area contributed by atoms with Crippen LogP contribution >= 0.6 is 11.8 Å². The quantitative estimate of drug-likeness (QED) is 0.657. The first-order valence-electron chi connectivity index (χ1n) is 7.73. The van der Waals surface area contributed by atoms with E-state index in [0.29, 0.717) is 24.1 Å². The van der Waals surface area contributed by atoms with Gasteiger partial charge < -0.3 is 9.73 Å². The number of aromatic nitrogens is 2. The van der Waals surface area contributed by atoms with Crippen LogP contribution in [0.4, 0.5) is 4.39 Å². The molecule has 1 amide bonds. The Labute approximate surface area is 148 Å². The molecule has 0 aliphatic rings. The van der Waals surface area contributed by atoms with E-state index < -0.39 is 0 Å². The molecule has 0 aliphatic heterocycles. The van der Waals surface area contributed by atoms with Crippen molar-refractivity contribution in [2.45, 2.75) is 11.6 Å². The molecule has 0 fully saturated rings. The van der Waals surface area contributed by atoms with E-state index >= 15 is 0 Å². The summed E-state index contributed by atoms with van der Waals surface area (Å²) < 4.78 is 18.6. The predicted molar refractivity (Wildman–Crippen MR) is 93.6 cm³/mol. The largest absolute Gasteiger partial charge is 0.411 e. The van der Waals surface area contributed by atoms with E-state index in [-0.39, 0.29) is 17.5 Å². The maximum Gasteiger partial charge on any atom is 0.277 e. The van der Waals surface area contributed by atoms with Crippen LogP contribution in [0.15, 0.2) is 64.2 Å². The smallest absolute Gasteiger partial charge is 0.277 e. The van der Waals surface area contributed by atoms with Gasteiger partial charge in [0.05, 0.1) is 5.75 Å². The highest BCUT2D eigenvalue weighted by molar-refractivity contribution is 7.99. The number of nitrogens with one attached hydrogen (secondary N) is 1. The predicted octanol–water partition coefficient (Wildman–Crippen LogP) is 3.33. The summed E-state index contributed by atoms with van der Waals surface area (Å²) in [6.07, 6.45) is 0.576. The Balaban J connectivity index is 1.43. The Morgan fingerprint density at radius 1 is 1.12 bits per heavy atom. The minimum absolute atomic E-state index is 0.138. The summed E-state index contributed by atoms with van der Waals surface area (Å²) in [5.74, 6) is 0.194. The lowest BCUT2D eigenvalue weighted by Gasteiger charge is -2.04. The molecule has 3 aromatic rings. The standard InChI is InChI=1S/C18H16FN3O2S/c19-15-8-4-5-13(11-15)9-10-20-16(23)12-25-18-22-21-17(24-18)14-6-2-1-3-7-14/h1-8,11H,9-10,12H2,(H,20,23). The summed E-state index contributed by atoms with van der Waals surface area (Å²) in [5, 5.41) is 11.0. The van der Waals surface area contributed by atoms with Crippen molar-refractivity contribution in [1.29, 1.82) is 0 Å². The van der Waals surface area contributed by atoms with Crippen LogP contribution in [0.3, 0.4) is 0 Å². The van der Waals surface area contributed by atoms with E-state index in [2.05, 4.69) is 15.5 Å². The first-order chi connectivity index (χ1) is 12.2. The van der Waals surface area contributed by atoms with Crippen LogP contribution in [-0.4, -0.2) is 28.4 Å². The van der Waals surface area contributed by atoms with Gasteiger partial charge >= 0.3 is 0 Å². The number of halogens is 1. The fraction of sp³-hybridized carbons (Fsp3) is 0.167. The fourth-order valence-electron chi connectivity index (χ4n) is 2.18. The van der Waals surface area contributed by atoms with Crippen LogP contribution in [0.2, 0.25) is 0 Å². The van der Waals surface area contributed by atoms with Crippen molar-refractivity contribution in [1.82, 2.24) is 15.5 Å². The molecule has 1 heterocycles. The molecule has 0 radical (unpaired) electrons. The normalized spacial score (nSPS) is 10.6. The Morgan fingerprint density at radius 3 is 2.76 bits per heavy atom. The number of rotatable bonds is 7. The van der Waals surface area contributed by atoms with Gasteiger partial charge in [-0.1, -0.05) is 42.1 Å². The molecule has 25 heavy (non-hydrogen) atoms. The minimum atomic E-state index is -0.273. The molecule has 7 heteroatoms. The van der Waals surface area contributed by atoms with Crippen LogP contribution in [0.25, 0.3) is 11.5 Å². The average Bonchev–Trinajstić information content (AvgIpc) is 3.10. The number of carbonyl (C=O) groups excluding carboxylic acids is 1. The van der Waals surface area contributed by atoms with Crippen molar-refractivity contribution in [3.05, 3.63) is 66.0 Å². The van der Waals surface area contributed by atoms with Crippen molar-refractivity contribution in [2.24, 2.45) is 0 Å². The zero-order valence-electron chi connectivity index (χ0n) is 13.3. The zero-order valence-corrected chi connectivity index (χ0v) is 14.1. The van der Waals surface area contributed by atoms with Crippen molar-refractivity contribution in [3.63, 3.8) is 0 Å². The molecule has 0 unspecified atom stereocenters. The molecule has 0 aliphatic carbocycles. The highest BCUT2D eigenvalue weighted by atomic mass is 32.2. The van der Waals surface area contributed by atoms with Crippen LogP contribution in [-0.2, 0) is 11.2 Å². The second-order valence-corrected chi connectivity index (χ2v) is 6.18. The molecule has 5 nitrogen and oxygen atoms in total. The zero-order chi connectivity index (χ0) is 17.5. The number of carbonyl (C=O) groups is 1. The lowest BCUT2D eigenvalue weighted by Crippen LogP contribution is -2.27. The molecule has 0 saturated carbocycles. The summed E-state index contributed by atoms with van der Waals surface area (Å²) in [7, 11) is 0. The SMILES string of the molecule is O=C(CSc1nnc(-c2ccccc2)o1)NCCc1cccc(F)c1. The third kappa shape index (κ3) is 5.15. The van der Waals surface area contributed by atoms with E-state index in [1.165, 1.54) is 23.9 Å². The topological polar surface area (TPSA) is 68.0 Å². The first-order valence-corrected chi connectivity index (χ1v) is 8.72. The summed E-state index contributed by atoms with van der Waals surface area (Å²) in [6, 6.07) is 15.8. The van der Waals surface area contributed by atoms with Crippen molar-refractivity contribution < 1.29 is 13.6 Å². The highest BCUT2D eigenvalue weighted by Crippen LogP contribution is 2.22. The van der Waals surface area contributed by atoms with Gasteiger partial charge in [-0.05, 0) is 36.2 Å². The van der Waals surface area contributed by atoms with E-state index in [9.17, 15) is 9.18 Å². The van der Waals surface area contributed by atoms with E-state index in [4.69, 9.17) is 4.42 Å². The molecular formula is C18H16FN3O2S. The fourth-order valence-corrected chi connectivity index (χ4v) is 2.78. The monoisotopic (exact) mass is 357 g/mol. The van der Waals surface area contributed by atoms with Crippen LogP contribution in [0.5, 0.6) is 0 Å². The molecular weight excluding hydrogens is 341 g/mol. The Morgan fingerprint density at radius 2 is 1.96 bits per heavy atom. The van der Waals surface area contributed by atoms with Gasteiger partial charge in [0.25, 0.3) is 5.22 Å². The molecule has 128 valence electrons. The van der Waals surface area contributed by atoms with Gasteiger partial charge in [0.15, 0.2) is 0 Å². The maximum atomic E-state index is 13.1. The second-order valence-electron chi connectivity index (χ2n) is 5.26. The second kappa shape index (κ2) is 8.43. The number of hydrogen-bond acceptors (Lipinski definition) is 5. The molecule has 3 rings (SSSR count). The summed E-state index contributed by atoms with van der Waals surface area (Å²) >= 11 is 1.18. The molecule has 1 aromatic heterocycles. The van der Waals surface area contributed by atoms with Gasteiger partial charge in [-0.15, -0.1) is 10.2 Å². The number of amides is 1. The van der Waals surface area contributed by atoms with Gasteiger partial charge in [0.1, 0.15) is 5.82 Å². The molecule has 1 N–H and O–H groups in total. The summed E-state index contributed by atoms with van der Waals surface area (Å²) in [6.45, 7) is 0.446. The molecule has 0 saturated heterocycles. The van der Waals surface area contributed by atoms with Gasteiger partial charge in [0.2, 0.25) is 11.8 Å². The number of hydrogen-bond donors (Lipinski definition) is 1. The molecule has 2 aromatic carbocycles. The van der Waals surface area contributed by atoms with Crippen LogP contribution in [0, 0.1) is 5.82 Å². The Hall–Kier alpha value is -2.67. The Bertz CT molecular complexity index is 839. The lowest BCUT2D eigenvalue weighted by atomic mass is 10.1. The van der Waals surface area contributed by atoms with Crippen molar-refractivity contribution >= 4 is 17.7 Å². The van der Waals surface area contributed by atoms with E-state index in [0.717, 1.165) is 11.1 Å². The van der Waals surface area contributed by atoms with Gasteiger partial charge in [-0.2, -0.15) is 0 Å². The Kier molecular flexibility index (Phi) is 5.79. The lowest BCUT2D eigenvalue weighted by molar-refractivity contribution is -0.118. The molecule has 0 spiro atoms. The van der Waals surface area contributed by atoms with Crippen LogP contribution < -0.4 is 5.32 Å². The maximum absolute atomic E-state index is 13.1. The molecule has 0 bridgehead atoms. The first kappa shape index (κ1) is 17.2. The molecule has 0 atom stereocenters. The number of benzene rings is 2. The van der Waals surface area contributed by atoms with E-state index in [1.807, 2.05) is 36.4 Å². The summed E-state index contributed by atoms with van der Waals surface area (Å²) in [4.78, 5) is 11.9. The third-order valence-electron chi connectivity index (χ3n) is 3.38. The number of thioether (sulfide) groups is 1. The van der Waals surface area contributed by atoms with E-state index in [1.54, 1.807) is 6.07 Å². The summed E-state index contributed by atoms with van der Waals surface area (Å²) in [5.41, 5.74) is 1.68. The van der Waals surface area contributed by atoms with Crippen molar-refractivity contribution in [3.8, 4) is 11.5 Å².